The Labute approximate surface area is 106 Å². The average Bonchev–Trinajstić information content (AvgIpc) is 2.86. The zero-order valence-electron chi connectivity index (χ0n) is 10.5. The molecule has 1 heterocycles. The van der Waals surface area contributed by atoms with Gasteiger partial charge >= 0.3 is 0 Å². The van der Waals surface area contributed by atoms with Crippen molar-refractivity contribution in [3.05, 3.63) is 23.8 Å². The van der Waals surface area contributed by atoms with Gasteiger partial charge in [-0.15, -0.1) is 0 Å². The van der Waals surface area contributed by atoms with Gasteiger partial charge in [0.05, 0.1) is 18.8 Å². The fourth-order valence-corrected chi connectivity index (χ4v) is 2.09. The quantitative estimate of drug-likeness (QED) is 0.878. The number of phenols is 1. The number of hydrogen-bond donors (Lipinski definition) is 1. The van der Waals surface area contributed by atoms with Crippen LogP contribution in [0.2, 0.25) is 0 Å². The van der Waals surface area contributed by atoms with Gasteiger partial charge in [-0.3, -0.25) is 4.79 Å². The maximum Gasteiger partial charge on any atom is 0.257 e. The highest BCUT2D eigenvalue weighted by Gasteiger charge is 2.28. The van der Waals surface area contributed by atoms with E-state index in [-0.39, 0.29) is 17.8 Å². The van der Waals surface area contributed by atoms with Crippen LogP contribution in [0, 0.1) is 0 Å². The summed E-state index contributed by atoms with van der Waals surface area (Å²) in [5.74, 6) is 0.301. The molecule has 0 spiro atoms. The van der Waals surface area contributed by atoms with Crippen molar-refractivity contribution < 1.29 is 19.4 Å². The summed E-state index contributed by atoms with van der Waals surface area (Å²) in [6.07, 6.45) is 0.924. The Morgan fingerprint density at radius 1 is 1.44 bits per heavy atom. The van der Waals surface area contributed by atoms with E-state index in [9.17, 15) is 9.90 Å². The number of benzene rings is 1. The van der Waals surface area contributed by atoms with Gasteiger partial charge in [-0.05, 0) is 18.6 Å². The molecule has 0 unspecified atom stereocenters. The normalized spacial score (nSPS) is 19.0. The van der Waals surface area contributed by atoms with Crippen molar-refractivity contribution in [1.29, 1.82) is 0 Å². The molecule has 2 rings (SSSR count). The minimum atomic E-state index is -0.172. The summed E-state index contributed by atoms with van der Waals surface area (Å²) in [6.45, 7) is 1.23. The molecule has 0 bridgehead atoms. The second-order valence-corrected chi connectivity index (χ2v) is 4.28. The molecular weight excluding hydrogens is 234 g/mol. The van der Waals surface area contributed by atoms with E-state index in [2.05, 4.69) is 0 Å². The number of rotatable bonds is 3. The Kier molecular flexibility index (Phi) is 3.72. The monoisotopic (exact) mass is 251 g/mol. The van der Waals surface area contributed by atoms with Crippen molar-refractivity contribution >= 4 is 5.91 Å². The summed E-state index contributed by atoms with van der Waals surface area (Å²) < 4.78 is 10.2. The summed E-state index contributed by atoms with van der Waals surface area (Å²) in [5.41, 5.74) is 0.299. The second-order valence-electron chi connectivity index (χ2n) is 4.28. The molecule has 5 heteroatoms. The molecule has 5 nitrogen and oxygen atoms in total. The molecule has 1 aromatic rings. The number of phenolic OH excluding ortho intramolecular Hbond substituents is 1. The number of carbonyl (C=O) groups excluding carboxylic acids is 1. The van der Waals surface area contributed by atoms with Crippen molar-refractivity contribution in [2.75, 3.05) is 27.3 Å². The number of hydrogen-bond acceptors (Lipinski definition) is 4. The number of aromatic hydroxyl groups is 1. The lowest BCUT2D eigenvalue weighted by Gasteiger charge is -2.17. The van der Waals surface area contributed by atoms with E-state index in [1.165, 1.54) is 13.2 Å². The first-order valence-electron chi connectivity index (χ1n) is 5.84. The Balaban J connectivity index is 2.14. The maximum absolute atomic E-state index is 12.2. The SMILES string of the molecule is COc1ccc(C(=O)N2CC[C@@H](OC)C2)c(O)c1. The number of methoxy groups -OCH3 is 2. The average molecular weight is 251 g/mol. The Hall–Kier alpha value is -1.75. The summed E-state index contributed by atoms with van der Waals surface area (Å²) >= 11 is 0. The zero-order chi connectivity index (χ0) is 13.1. The van der Waals surface area contributed by atoms with Gasteiger partial charge in [0.25, 0.3) is 5.91 Å². The van der Waals surface area contributed by atoms with Gasteiger partial charge in [0.2, 0.25) is 0 Å². The largest absolute Gasteiger partial charge is 0.507 e. The van der Waals surface area contributed by atoms with Crippen molar-refractivity contribution in [3.63, 3.8) is 0 Å². The number of likely N-dealkylation sites (tertiary alicyclic amines) is 1. The second kappa shape index (κ2) is 5.27. The maximum atomic E-state index is 12.2. The van der Waals surface area contributed by atoms with E-state index in [4.69, 9.17) is 9.47 Å². The topological polar surface area (TPSA) is 59.0 Å². The van der Waals surface area contributed by atoms with E-state index in [0.717, 1.165) is 6.42 Å². The van der Waals surface area contributed by atoms with Crippen molar-refractivity contribution in [2.24, 2.45) is 0 Å². The Morgan fingerprint density at radius 3 is 2.78 bits per heavy atom. The predicted octanol–water partition coefficient (Wildman–Crippen LogP) is 1.26. The minimum absolute atomic E-state index is 0.0554. The lowest BCUT2D eigenvalue weighted by Crippen LogP contribution is -2.29. The van der Waals surface area contributed by atoms with Crippen LogP contribution < -0.4 is 4.74 Å². The van der Waals surface area contributed by atoms with Gasteiger partial charge in [-0.1, -0.05) is 0 Å². The summed E-state index contributed by atoms with van der Waals surface area (Å²) in [5, 5.41) is 9.82. The number of amides is 1. The lowest BCUT2D eigenvalue weighted by molar-refractivity contribution is 0.0721. The van der Waals surface area contributed by atoms with Crippen LogP contribution in [0.4, 0.5) is 0 Å². The molecule has 1 aromatic carbocycles. The highest BCUT2D eigenvalue weighted by molar-refractivity contribution is 5.97. The van der Waals surface area contributed by atoms with E-state index in [0.29, 0.717) is 24.4 Å². The third-order valence-corrected chi connectivity index (χ3v) is 3.20. The summed E-state index contributed by atoms with van der Waals surface area (Å²) in [4.78, 5) is 13.9. The van der Waals surface area contributed by atoms with Gasteiger partial charge in [0, 0.05) is 26.3 Å². The van der Waals surface area contributed by atoms with E-state index in [1.54, 1.807) is 24.1 Å². The van der Waals surface area contributed by atoms with Crippen LogP contribution in [0.5, 0.6) is 11.5 Å². The number of nitrogens with zero attached hydrogens (tertiary/aromatic N) is 1. The Morgan fingerprint density at radius 2 is 2.22 bits per heavy atom. The molecule has 1 fully saturated rings. The number of carbonyl (C=O) groups is 1. The van der Waals surface area contributed by atoms with Gasteiger partial charge in [0.1, 0.15) is 11.5 Å². The van der Waals surface area contributed by atoms with Gasteiger partial charge in [-0.25, -0.2) is 0 Å². The number of ether oxygens (including phenoxy) is 2. The molecule has 1 atom stereocenters. The van der Waals surface area contributed by atoms with Crippen LogP contribution in [0.3, 0.4) is 0 Å². The molecular formula is C13H17NO4. The highest BCUT2D eigenvalue weighted by Crippen LogP contribution is 2.26. The molecule has 18 heavy (non-hydrogen) atoms. The first-order valence-corrected chi connectivity index (χ1v) is 5.84. The van der Waals surface area contributed by atoms with Gasteiger partial charge < -0.3 is 19.5 Å². The predicted molar refractivity (Wildman–Crippen MR) is 66.0 cm³/mol. The molecule has 1 saturated heterocycles. The van der Waals surface area contributed by atoms with Crippen LogP contribution in [-0.4, -0.2) is 49.3 Å². The Bertz CT molecular complexity index is 447. The molecule has 0 saturated carbocycles. The molecule has 1 aliphatic heterocycles. The molecule has 1 amide bonds. The molecule has 0 aliphatic carbocycles. The standard InChI is InChI=1S/C13H17NO4/c1-17-9-3-4-11(12(15)7-9)13(16)14-6-5-10(8-14)18-2/h3-4,7,10,15H,5-6,8H2,1-2H3/t10-/m1/s1. The molecule has 1 N–H and O–H groups in total. The van der Waals surface area contributed by atoms with E-state index in [1.807, 2.05) is 0 Å². The fourth-order valence-electron chi connectivity index (χ4n) is 2.09. The van der Waals surface area contributed by atoms with E-state index >= 15 is 0 Å². The van der Waals surface area contributed by atoms with Crippen molar-refractivity contribution in [1.82, 2.24) is 4.90 Å². The molecule has 0 radical (unpaired) electrons. The third-order valence-electron chi connectivity index (χ3n) is 3.20. The lowest BCUT2D eigenvalue weighted by atomic mass is 10.1. The van der Waals surface area contributed by atoms with Crippen molar-refractivity contribution in [3.8, 4) is 11.5 Å². The highest BCUT2D eigenvalue weighted by atomic mass is 16.5. The van der Waals surface area contributed by atoms with E-state index < -0.39 is 0 Å². The van der Waals surface area contributed by atoms with Crippen LogP contribution >= 0.6 is 0 Å². The van der Waals surface area contributed by atoms with Crippen LogP contribution in [-0.2, 0) is 4.74 Å². The van der Waals surface area contributed by atoms with Crippen molar-refractivity contribution in [2.45, 2.75) is 12.5 Å². The smallest absolute Gasteiger partial charge is 0.257 e. The van der Waals surface area contributed by atoms with Crippen LogP contribution in [0.15, 0.2) is 18.2 Å². The molecule has 1 aliphatic rings. The van der Waals surface area contributed by atoms with Gasteiger partial charge in [0.15, 0.2) is 0 Å². The minimum Gasteiger partial charge on any atom is -0.507 e. The summed E-state index contributed by atoms with van der Waals surface area (Å²) in [7, 11) is 3.16. The fraction of sp³-hybridized carbons (Fsp3) is 0.462. The third kappa shape index (κ3) is 2.41. The molecule has 0 aromatic heterocycles. The van der Waals surface area contributed by atoms with Crippen LogP contribution in [0.1, 0.15) is 16.8 Å². The van der Waals surface area contributed by atoms with Gasteiger partial charge in [-0.2, -0.15) is 0 Å². The first kappa shape index (κ1) is 12.7. The zero-order valence-corrected chi connectivity index (χ0v) is 10.5. The molecule has 98 valence electrons. The van der Waals surface area contributed by atoms with Crippen LogP contribution in [0.25, 0.3) is 0 Å². The summed E-state index contributed by atoms with van der Waals surface area (Å²) in [6, 6.07) is 4.69. The first-order chi connectivity index (χ1) is 8.65.